The van der Waals surface area contributed by atoms with Crippen LogP contribution >= 0.6 is 15.9 Å². The van der Waals surface area contributed by atoms with E-state index < -0.39 is 0 Å². The fourth-order valence-electron chi connectivity index (χ4n) is 2.71. The number of hydrogen-bond donors (Lipinski definition) is 2. The molecule has 3 N–H and O–H groups in total. The predicted molar refractivity (Wildman–Crippen MR) is 91.9 cm³/mol. The van der Waals surface area contributed by atoms with E-state index in [1.54, 1.807) is 0 Å². The first-order valence-corrected chi connectivity index (χ1v) is 7.76. The van der Waals surface area contributed by atoms with Gasteiger partial charge in [0.25, 0.3) is 0 Å². The van der Waals surface area contributed by atoms with Gasteiger partial charge in [-0.1, -0.05) is 76.6 Å². The molecule has 0 aliphatic carbocycles. The third-order valence-electron chi connectivity index (χ3n) is 3.79. The second kappa shape index (κ2) is 6.39. The lowest BCUT2D eigenvalue weighted by Crippen LogP contribution is -2.29. The average Bonchev–Trinajstić information content (AvgIpc) is 2.53. The van der Waals surface area contributed by atoms with Gasteiger partial charge in [-0.2, -0.15) is 0 Å². The van der Waals surface area contributed by atoms with Crippen molar-refractivity contribution in [1.29, 1.82) is 0 Å². The maximum Gasteiger partial charge on any atom is 0.0511 e. The number of hydrogen-bond acceptors (Lipinski definition) is 2. The predicted octanol–water partition coefficient (Wildman–Crippen LogP) is 4.35. The van der Waals surface area contributed by atoms with Crippen molar-refractivity contribution in [2.24, 2.45) is 5.84 Å². The normalized spacial score (nSPS) is 12.5. The maximum absolute atomic E-state index is 5.79. The molecule has 0 radical (unpaired) electrons. The summed E-state index contributed by atoms with van der Waals surface area (Å²) in [6.45, 7) is 0. The number of nitrogens with one attached hydrogen (secondary N) is 1. The summed E-state index contributed by atoms with van der Waals surface area (Å²) in [5.74, 6) is 5.79. The first-order valence-electron chi connectivity index (χ1n) is 6.97. The Morgan fingerprint density at radius 1 is 0.905 bits per heavy atom. The summed E-state index contributed by atoms with van der Waals surface area (Å²) in [7, 11) is 0. The minimum Gasteiger partial charge on any atom is -0.271 e. The summed E-state index contributed by atoms with van der Waals surface area (Å²) in [6.07, 6.45) is 0.848. The van der Waals surface area contributed by atoms with E-state index in [4.69, 9.17) is 5.84 Å². The lowest BCUT2D eigenvalue weighted by atomic mass is 9.95. The average molecular weight is 341 g/mol. The van der Waals surface area contributed by atoms with Gasteiger partial charge in [-0.05, 0) is 34.4 Å². The zero-order valence-corrected chi connectivity index (χ0v) is 13.2. The van der Waals surface area contributed by atoms with E-state index >= 15 is 0 Å². The van der Waals surface area contributed by atoms with Gasteiger partial charge in [0.2, 0.25) is 0 Å². The molecular weight excluding hydrogens is 324 g/mol. The zero-order valence-electron chi connectivity index (χ0n) is 11.6. The second-order valence-corrected chi connectivity index (χ2v) is 5.94. The van der Waals surface area contributed by atoms with Gasteiger partial charge in [-0.25, -0.2) is 0 Å². The Morgan fingerprint density at radius 3 is 2.43 bits per heavy atom. The molecule has 0 fully saturated rings. The number of halogens is 1. The van der Waals surface area contributed by atoms with E-state index in [0.717, 1.165) is 10.9 Å². The highest BCUT2D eigenvalue weighted by Gasteiger charge is 2.14. The summed E-state index contributed by atoms with van der Waals surface area (Å²) in [6, 6.07) is 23.1. The van der Waals surface area contributed by atoms with Crippen LogP contribution in [0.15, 0.2) is 71.2 Å². The van der Waals surface area contributed by atoms with E-state index in [-0.39, 0.29) is 6.04 Å². The molecule has 3 heteroatoms. The number of nitrogens with two attached hydrogens (primary N) is 1. The van der Waals surface area contributed by atoms with Crippen molar-refractivity contribution in [2.75, 3.05) is 0 Å². The van der Waals surface area contributed by atoms with Crippen LogP contribution in [0.1, 0.15) is 17.2 Å². The first kappa shape index (κ1) is 14.3. The molecule has 0 saturated heterocycles. The van der Waals surface area contributed by atoms with E-state index in [1.807, 2.05) is 18.2 Å². The van der Waals surface area contributed by atoms with Crippen LogP contribution in [0.25, 0.3) is 10.8 Å². The van der Waals surface area contributed by atoms with Crippen LogP contribution in [0.3, 0.4) is 0 Å². The highest BCUT2D eigenvalue weighted by Crippen LogP contribution is 2.28. The van der Waals surface area contributed by atoms with Crippen molar-refractivity contribution >= 4 is 26.7 Å². The van der Waals surface area contributed by atoms with Crippen LogP contribution in [0.4, 0.5) is 0 Å². The minimum atomic E-state index is 0.0754. The van der Waals surface area contributed by atoms with Crippen LogP contribution in [-0.2, 0) is 6.42 Å². The Morgan fingerprint density at radius 2 is 1.62 bits per heavy atom. The molecule has 0 heterocycles. The highest BCUT2D eigenvalue weighted by atomic mass is 79.9. The van der Waals surface area contributed by atoms with Crippen molar-refractivity contribution in [2.45, 2.75) is 12.5 Å². The van der Waals surface area contributed by atoms with Gasteiger partial charge in [0.05, 0.1) is 6.04 Å². The molecule has 1 unspecified atom stereocenters. The molecule has 0 aromatic heterocycles. The summed E-state index contributed by atoms with van der Waals surface area (Å²) in [4.78, 5) is 0. The Bertz CT molecular complexity index is 750. The molecule has 0 aliphatic heterocycles. The molecule has 0 saturated carbocycles. The van der Waals surface area contributed by atoms with Crippen molar-refractivity contribution in [3.05, 3.63) is 82.3 Å². The Balaban J connectivity index is 1.98. The van der Waals surface area contributed by atoms with Crippen molar-refractivity contribution in [3.8, 4) is 0 Å². The quantitative estimate of drug-likeness (QED) is 0.547. The standard InChI is InChI=1S/C18H17BrN2/c19-17-11-4-3-10-16(17)18(21-20)12-14-8-5-7-13-6-1-2-9-15(13)14/h1-11,18,21H,12,20H2. The Labute approximate surface area is 133 Å². The van der Waals surface area contributed by atoms with Crippen molar-refractivity contribution < 1.29 is 0 Å². The molecule has 3 aromatic carbocycles. The molecule has 1 atom stereocenters. The fourth-order valence-corrected chi connectivity index (χ4v) is 3.27. The van der Waals surface area contributed by atoms with Gasteiger partial charge >= 0.3 is 0 Å². The molecule has 3 aromatic rings. The third kappa shape index (κ3) is 3.00. The molecule has 0 aliphatic rings. The highest BCUT2D eigenvalue weighted by molar-refractivity contribution is 9.10. The number of hydrazine groups is 1. The van der Waals surface area contributed by atoms with Crippen LogP contribution in [-0.4, -0.2) is 0 Å². The lowest BCUT2D eigenvalue weighted by molar-refractivity contribution is 0.551. The van der Waals surface area contributed by atoms with Crippen LogP contribution < -0.4 is 11.3 Å². The topological polar surface area (TPSA) is 38.0 Å². The largest absolute Gasteiger partial charge is 0.271 e. The van der Waals surface area contributed by atoms with Crippen LogP contribution in [0.5, 0.6) is 0 Å². The number of fused-ring (bicyclic) bond motifs is 1. The van der Waals surface area contributed by atoms with Gasteiger partial charge in [0.15, 0.2) is 0 Å². The third-order valence-corrected chi connectivity index (χ3v) is 4.51. The van der Waals surface area contributed by atoms with Gasteiger partial charge in [-0.3, -0.25) is 11.3 Å². The van der Waals surface area contributed by atoms with Gasteiger partial charge in [-0.15, -0.1) is 0 Å². The van der Waals surface area contributed by atoms with E-state index in [2.05, 4.69) is 69.9 Å². The van der Waals surface area contributed by atoms with Crippen LogP contribution in [0, 0.1) is 0 Å². The van der Waals surface area contributed by atoms with E-state index in [1.165, 1.54) is 21.9 Å². The van der Waals surface area contributed by atoms with Gasteiger partial charge in [0, 0.05) is 4.47 Å². The smallest absolute Gasteiger partial charge is 0.0511 e. The zero-order chi connectivity index (χ0) is 14.7. The summed E-state index contributed by atoms with van der Waals surface area (Å²) >= 11 is 3.61. The molecule has 106 valence electrons. The van der Waals surface area contributed by atoms with Crippen LogP contribution in [0.2, 0.25) is 0 Å². The minimum absolute atomic E-state index is 0.0754. The summed E-state index contributed by atoms with van der Waals surface area (Å²) in [5, 5.41) is 2.55. The molecule has 21 heavy (non-hydrogen) atoms. The summed E-state index contributed by atoms with van der Waals surface area (Å²) < 4.78 is 1.08. The Kier molecular flexibility index (Phi) is 4.34. The lowest BCUT2D eigenvalue weighted by Gasteiger charge is -2.19. The fraction of sp³-hybridized carbons (Fsp3) is 0.111. The van der Waals surface area contributed by atoms with E-state index in [9.17, 15) is 0 Å². The second-order valence-electron chi connectivity index (χ2n) is 5.08. The number of benzene rings is 3. The molecule has 0 amide bonds. The van der Waals surface area contributed by atoms with E-state index in [0.29, 0.717) is 0 Å². The van der Waals surface area contributed by atoms with Crippen molar-refractivity contribution in [3.63, 3.8) is 0 Å². The summed E-state index contributed by atoms with van der Waals surface area (Å²) in [5.41, 5.74) is 5.41. The molecule has 0 spiro atoms. The SMILES string of the molecule is NNC(Cc1cccc2ccccc12)c1ccccc1Br. The first-order chi connectivity index (χ1) is 10.3. The Hall–Kier alpha value is -1.68. The maximum atomic E-state index is 5.79. The van der Waals surface area contributed by atoms with Crippen molar-refractivity contribution in [1.82, 2.24) is 5.43 Å². The van der Waals surface area contributed by atoms with Gasteiger partial charge in [0.1, 0.15) is 0 Å². The molecule has 3 rings (SSSR count). The number of rotatable bonds is 4. The molecule has 2 nitrogen and oxygen atoms in total. The monoisotopic (exact) mass is 340 g/mol. The van der Waals surface area contributed by atoms with Gasteiger partial charge < -0.3 is 0 Å². The molecule has 0 bridgehead atoms. The molecular formula is C18H17BrN2.